The lowest BCUT2D eigenvalue weighted by atomic mass is 9.69. The van der Waals surface area contributed by atoms with E-state index < -0.39 is 0 Å². The first kappa shape index (κ1) is 15.3. The Labute approximate surface area is 130 Å². The molecule has 2 aliphatic carbocycles. The maximum atomic E-state index is 6.13. The van der Waals surface area contributed by atoms with Gasteiger partial charge in [-0.05, 0) is 83.0 Å². The number of hydrogen-bond donors (Lipinski definition) is 0. The number of rotatable bonds is 1. The fourth-order valence-corrected chi connectivity index (χ4v) is 5.03. The van der Waals surface area contributed by atoms with Crippen LogP contribution in [0.15, 0.2) is 23.8 Å². The lowest BCUT2D eigenvalue weighted by molar-refractivity contribution is 0.158. The van der Waals surface area contributed by atoms with Gasteiger partial charge in [0.2, 0.25) is 0 Å². The summed E-state index contributed by atoms with van der Waals surface area (Å²) >= 11 is 0. The average molecular weight is 288 g/mol. The molecule has 1 nitrogen and oxygen atoms in total. The van der Waals surface area contributed by atoms with Crippen molar-refractivity contribution in [1.82, 2.24) is 0 Å². The van der Waals surface area contributed by atoms with Gasteiger partial charge in [-0.2, -0.15) is 0 Å². The molecule has 1 saturated carbocycles. The van der Waals surface area contributed by atoms with Gasteiger partial charge in [-0.3, -0.25) is 0 Å². The second-order valence-corrected chi connectivity index (χ2v) is 8.50. The van der Waals surface area contributed by atoms with Crippen molar-refractivity contribution >= 4 is 0 Å². The fourth-order valence-electron chi connectivity index (χ4n) is 5.03. The number of hydrogen-bond acceptors (Lipinski definition) is 1. The van der Waals surface area contributed by atoms with E-state index in [0.29, 0.717) is 11.5 Å². The van der Waals surface area contributed by atoms with E-state index in [1.54, 1.807) is 5.57 Å². The van der Waals surface area contributed by atoms with Crippen LogP contribution in [0, 0.1) is 17.3 Å². The number of allylic oxidation sites excluding steroid dienone is 3. The van der Waals surface area contributed by atoms with Crippen LogP contribution < -0.4 is 0 Å². The van der Waals surface area contributed by atoms with Crippen LogP contribution in [-0.2, 0) is 4.74 Å². The molecular formula is C20H32O. The van der Waals surface area contributed by atoms with Gasteiger partial charge in [-0.25, -0.2) is 0 Å². The third kappa shape index (κ3) is 2.86. The molecule has 0 aromatic heterocycles. The van der Waals surface area contributed by atoms with Crippen LogP contribution in [0.3, 0.4) is 0 Å². The molecule has 5 atom stereocenters. The number of fused-ring (bicyclic) bond motifs is 2. The summed E-state index contributed by atoms with van der Waals surface area (Å²) < 4.78 is 6.13. The first-order chi connectivity index (χ1) is 9.84. The molecule has 5 unspecified atom stereocenters. The summed E-state index contributed by atoms with van der Waals surface area (Å²) in [6.45, 7) is 13.7. The zero-order chi connectivity index (χ0) is 15.3. The van der Waals surface area contributed by atoms with Gasteiger partial charge in [0.25, 0.3) is 0 Å². The van der Waals surface area contributed by atoms with Gasteiger partial charge < -0.3 is 4.74 Å². The Morgan fingerprint density at radius 3 is 2.76 bits per heavy atom. The maximum Gasteiger partial charge on any atom is 0.0923 e. The lowest BCUT2D eigenvalue weighted by Crippen LogP contribution is -2.29. The highest BCUT2D eigenvalue weighted by Crippen LogP contribution is 2.58. The highest BCUT2D eigenvalue weighted by atomic mass is 16.6. The third-order valence-electron chi connectivity index (χ3n) is 6.71. The summed E-state index contributed by atoms with van der Waals surface area (Å²) in [5, 5.41) is 0. The van der Waals surface area contributed by atoms with E-state index in [2.05, 4.69) is 40.3 Å². The quantitative estimate of drug-likeness (QED) is 0.448. The van der Waals surface area contributed by atoms with Crippen molar-refractivity contribution in [3.05, 3.63) is 23.8 Å². The molecule has 0 amide bonds. The zero-order valence-corrected chi connectivity index (χ0v) is 14.4. The van der Waals surface area contributed by atoms with E-state index in [1.807, 2.05) is 0 Å². The topological polar surface area (TPSA) is 12.5 Å². The van der Waals surface area contributed by atoms with Gasteiger partial charge in [-0.15, -0.1) is 0 Å². The molecule has 118 valence electrons. The minimum absolute atomic E-state index is 0.163. The smallest absolute Gasteiger partial charge is 0.0923 e. The normalized spacial score (nSPS) is 46.9. The summed E-state index contributed by atoms with van der Waals surface area (Å²) in [5.41, 5.74) is 3.60. The van der Waals surface area contributed by atoms with Gasteiger partial charge in [0.05, 0.1) is 11.7 Å². The van der Waals surface area contributed by atoms with Crippen LogP contribution in [0.5, 0.6) is 0 Å². The van der Waals surface area contributed by atoms with E-state index in [0.717, 1.165) is 11.8 Å². The van der Waals surface area contributed by atoms with Crippen LogP contribution in [-0.4, -0.2) is 11.7 Å². The monoisotopic (exact) mass is 288 g/mol. The summed E-state index contributed by atoms with van der Waals surface area (Å²) in [6, 6.07) is 0. The van der Waals surface area contributed by atoms with Crippen molar-refractivity contribution in [3.8, 4) is 0 Å². The molecule has 1 heterocycles. The number of ether oxygens (including phenoxy) is 1. The Morgan fingerprint density at radius 2 is 2.05 bits per heavy atom. The minimum atomic E-state index is 0.163. The maximum absolute atomic E-state index is 6.13. The summed E-state index contributed by atoms with van der Waals surface area (Å²) in [5.74, 6) is 1.53. The summed E-state index contributed by atoms with van der Waals surface area (Å²) in [6.07, 6.45) is 11.9. The highest BCUT2D eigenvalue weighted by Gasteiger charge is 2.56. The zero-order valence-electron chi connectivity index (χ0n) is 14.4. The first-order valence-electron chi connectivity index (χ1n) is 8.83. The van der Waals surface area contributed by atoms with Crippen LogP contribution in [0.1, 0.15) is 72.6 Å². The van der Waals surface area contributed by atoms with Crippen LogP contribution in [0.4, 0.5) is 0 Å². The SMILES string of the molecule is C=C(C)C1CCC2(C)CC3OC3(C)CCC=C(C)CCC12. The Hall–Kier alpha value is -0.560. The van der Waals surface area contributed by atoms with Crippen LogP contribution in [0.2, 0.25) is 0 Å². The van der Waals surface area contributed by atoms with Gasteiger partial charge >= 0.3 is 0 Å². The molecule has 0 spiro atoms. The molecule has 21 heavy (non-hydrogen) atoms. The molecule has 1 saturated heterocycles. The van der Waals surface area contributed by atoms with E-state index >= 15 is 0 Å². The Kier molecular flexibility index (Phi) is 3.84. The van der Waals surface area contributed by atoms with Crippen molar-refractivity contribution in [2.24, 2.45) is 17.3 Å². The third-order valence-corrected chi connectivity index (χ3v) is 6.71. The average Bonchev–Trinajstić information content (AvgIpc) is 2.88. The lowest BCUT2D eigenvalue weighted by Gasteiger charge is -2.35. The molecule has 0 N–H and O–H groups in total. The summed E-state index contributed by atoms with van der Waals surface area (Å²) in [7, 11) is 0. The van der Waals surface area contributed by atoms with Crippen molar-refractivity contribution in [1.29, 1.82) is 0 Å². The van der Waals surface area contributed by atoms with Crippen LogP contribution >= 0.6 is 0 Å². The molecular weight excluding hydrogens is 256 g/mol. The molecule has 1 aliphatic heterocycles. The molecule has 1 heteroatoms. The molecule has 0 aromatic rings. The van der Waals surface area contributed by atoms with E-state index in [4.69, 9.17) is 4.74 Å². The molecule has 3 aliphatic rings. The van der Waals surface area contributed by atoms with E-state index in [1.165, 1.54) is 50.5 Å². The van der Waals surface area contributed by atoms with Gasteiger partial charge in [0.15, 0.2) is 0 Å². The second-order valence-electron chi connectivity index (χ2n) is 8.50. The highest BCUT2D eigenvalue weighted by molar-refractivity contribution is 5.13. The van der Waals surface area contributed by atoms with Gasteiger partial charge in [-0.1, -0.05) is 30.7 Å². The Morgan fingerprint density at radius 1 is 1.29 bits per heavy atom. The Bertz CT molecular complexity index is 462. The van der Waals surface area contributed by atoms with Gasteiger partial charge in [0.1, 0.15) is 0 Å². The van der Waals surface area contributed by atoms with E-state index in [-0.39, 0.29) is 5.60 Å². The molecule has 2 fully saturated rings. The second kappa shape index (κ2) is 5.26. The summed E-state index contributed by atoms with van der Waals surface area (Å²) in [4.78, 5) is 0. The van der Waals surface area contributed by atoms with E-state index in [9.17, 15) is 0 Å². The molecule has 0 radical (unpaired) electrons. The fraction of sp³-hybridized carbons (Fsp3) is 0.800. The molecule has 3 rings (SSSR count). The predicted octanol–water partition coefficient (Wildman–Crippen LogP) is 5.66. The largest absolute Gasteiger partial charge is 0.366 e. The van der Waals surface area contributed by atoms with Crippen molar-refractivity contribution in [2.45, 2.75) is 84.3 Å². The molecule has 0 bridgehead atoms. The van der Waals surface area contributed by atoms with Crippen LogP contribution in [0.25, 0.3) is 0 Å². The predicted molar refractivity (Wildman–Crippen MR) is 89.3 cm³/mol. The first-order valence-corrected chi connectivity index (χ1v) is 8.83. The number of epoxide rings is 1. The minimum Gasteiger partial charge on any atom is -0.366 e. The molecule has 0 aromatic carbocycles. The standard InChI is InChI=1S/C20H32O/c1-14(2)16-10-12-19(4)13-18-20(5,21-18)11-6-7-15(3)8-9-17(16)19/h7,16-18H,1,6,8-13H2,2-5H3. The van der Waals surface area contributed by atoms with Crippen molar-refractivity contribution in [2.75, 3.05) is 0 Å². The van der Waals surface area contributed by atoms with Gasteiger partial charge in [0, 0.05) is 0 Å². The van der Waals surface area contributed by atoms with Crippen molar-refractivity contribution in [3.63, 3.8) is 0 Å². The Balaban J connectivity index is 1.85. The van der Waals surface area contributed by atoms with Crippen molar-refractivity contribution < 1.29 is 4.74 Å².